The molecule has 1 N–H and O–H groups in total. The van der Waals surface area contributed by atoms with Gasteiger partial charge in [0.05, 0.1) is 18.0 Å². The molecule has 4 nitrogen and oxygen atoms in total. The smallest absolute Gasteiger partial charge is 0.258 e. The molecule has 0 aliphatic heterocycles. The van der Waals surface area contributed by atoms with Crippen molar-refractivity contribution < 1.29 is 9.18 Å². The van der Waals surface area contributed by atoms with Crippen molar-refractivity contribution in [1.82, 2.24) is 9.97 Å². The van der Waals surface area contributed by atoms with Gasteiger partial charge in [0, 0.05) is 4.47 Å². The zero-order chi connectivity index (χ0) is 13.1. The molecule has 0 saturated carbocycles. The Morgan fingerprint density at radius 3 is 2.67 bits per heavy atom. The maximum atomic E-state index is 13.1. The van der Waals surface area contributed by atoms with Gasteiger partial charge in [0.2, 0.25) is 0 Å². The summed E-state index contributed by atoms with van der Waals surface area (Å²) in [7, 11) is 0. The minimum absolute atomic E-state index is 0.194. The van der Waals surface area contributed by atoms with Crippen LogP contribution in [-0.4, -0.2) is 15.9 Å². The first-order valence-corrected chi connectivity index (χ1v) is 6.39. The van der Waals surface area contributed by atoms with Crippen LogP contribution >= 0.6 is 31.9 Å². The lowest BCUT2D eigenvalue weighted by Gasteiger charge is -2.05. The van der Waals surface area contributed by atoms with Crippen molar-refractivity contribution in [3.8, 4) is 0 Å². The number of hydrogen-bond donors (Lipinski definition) is 1. The molecular weight excluding hydrogens is 369 g/mol. The first kappa shape index (κ1) is 13.1. The van der Waals surface area contributed by atoms with Crippen LogP contribution in [0.4, 0.5) is 10.2 Å². The van der Waals surface area contributed by atoms with Crippen molar-refractivity contribution in [1.29, 1.82) is 0 Å². The number of benzene rings is 1. The van der Waals surface area contributed by atoms with E-state index in [1.807, 2.05) is 0 Å². The number of nitrogens with one attached hydrogen (secondary N) is 1. The van der Waals surface area contributed by atoms with Crippen molar-refractivity contribution in [3.05, 3.63) is 51.0 Å². The maximum absolute atomic E-state index is 13.1. The van der Waals surface area contributed by atoms with Gasteiger partial charge in [-0.3, -0.25) is 4.79 Å². The summed E-state index contributed by atoms with van der Waals surface area (Å²) in [6.45, 7) is 0. The Labute approximate surface area is 119 Å². The highest BCUT2D eigenvalue weighted by Gasteiger charge is 2.12. The summed E-state index contributed by atoms with van der Waals surface area (Å²) in [6.07, 6.45) is 2.85. The number of carbonyl (C=O) groups is 1. The minimum Gasteiger partial charge on any atom is -0.305 e. The highest BCUT2D eigenvalue weighted by Crippen LogP contribution is 2.19. The van der Waals surface area contributed by atoms with Gasteiger partial charge in [-0.25, -0.2) is 14.4 Å². The van der Waals surface area contributed by atoms with E-state index in [9.17, 15) is 9.18 Å². The van der Waals surface area contributed by atoms with E-state index >= 15 is 0 Å². The van der Waals surface area contributed by atoms with Crippen molar-refractivity contribution >= 4 is 43.6 Å². The zero-order valence-corrected chi connectivity index (χ0v) is 12.0. The summed E-state index contributed by atoms with van der Waals surface area (Å²) >= 11 is 6.32. The average Bonchev–Trinajstić information content (AvgIpc) is 2.35. The number of amides is 1. The number of rotatable bonds is 2. The Morgan fingerprint density at radius 1 is 1.22 bits per heavy atom. The van der Waals surface area contributed by atoms with Gasteiger partial charge >= 0.3 is 0 Å². The molecule has 0 bridgehead atoms. The lowest BCUT2D eigenvalue weighted by molar-refractivity contribution is 0.102. The fraction of sp³-hybridized carbons (Fsp3) is 0. The number of nitrogens with zero attached hydrogens (tertiary/aromatic N) is 2. The van der Waals surface area contributed by atoms with Gasteiger partial charge in [-0.2, -0.15) is 0 Å². The third-order valence-electron chi connectivity index (χ3n) is 2.03. The Bertz CT molecular complexity index is 589. The van der Waals surface area contributed by atoms with Gasteiger partial charge in [0.25, 0.3) is 5.91 Å². The third kappa shape index (κ3) is 3.11. The molecule has 2 aromatic rings. The molecule has 1 aromatic heterocycles. The molecular formula is C11H6Br2FN3O. The number of anilines is 1. The van der Waals surface area contributed by atoms with E-state index in [2.05, 4.69) is 47.1 Å². The molecule has 0 fully saturated rings. The predicted molar refractivity (Wildman–Crippen MR) is 71.8 cm³/mol. The number of aromatic nitrogens is 2. The molecule has 1 amide bonds. The Balaban J connectivity index is 2.21. The molecule has 1 aromatic carbocycles. The Kier molecular flexibility index (Phi) is 4.03. The average molecular weight is 375 g/mol. The van der Waals surface area contributed by atoms with Crippen molar-refractivity contribution in [2.75, 3.05) is 5.32 Å². The molecule has 0 aliphatic rings. The molecule has 0 unspecified atom stereocenters. The van der Waals surface area contributed by atoms with E-state index < -0.39 is 11.7 Å². The highest BCUT2D eigenvalue weighted by molar-refractivity contribution is 9.10. The molecule has 0 radical (unpaired) electrons. The van der Waals surface area contributed by atoms with E-state index in [-0.39, 0.29) is 5.56 Å². The highest BCUT2D eigenvalue weighted by atomic mass is 79.9. The maximum Gasteiger partial charge on any atom is 0.258 e. The molecule has 0 aliphatic carbocycles. The normalized spacial score (nSPS) is 10.2. The van der Waals surface area contributed by atoms with Crippen LogP contribution in [0.25, 0.3) is 0 Å². The van der Waals surface area contributed by atoms with Crippen molar-refractivity contribution in [2.45, 2.75) is 0 Å². The number of carbonyl (C=O) groups excluding carboxylic acids is 1. The first-order valence-electron chi connectivity index (χ1n) is 4.80. The van der Waals surface area contributed by atoms with Crippen LogP contribution < -0.4 is 5.32 Å². The van der Waals surface area contributed by atoms with Crippen LogP contribution in [0, 0.1) is 5.82 Å². The Morgan fingerprint density at radius 2 is 2.00 bits per heavy atom. The van der Waals surface area contributed by atoms with Crippen molar-refractivity contribution in [2.24, 2.45) is 0 Å². The van der Waals surface area contributed by atoms with Crippen molar-refractivity contribution in [3.63, 3.8) is 0 Å². The van der Waals surface area contributed by atoms with Gasteiger partial charge in [-0.05, 0) is 50.1 Å². The van der Waals surface area contributed by atoms with Crippen LogP contribution in [0.2, 0.25) is 0 Å². The van der Waals surface area contributed by atoms with Gasteiger partial charge in [-0.1, -0.05) is 0 Å². The minimum atomic E-state index is -0.481. The second kappa shape index (κ2) is 5.53. The standard InChI is InChI=1S/C11H6Br2FN3O/c12-8-2-1-6(14)3-7(8)11(18)17-10-5-15-9(13)4-16-10/h1-5H,(H,16,17,18). The monoisotopic (exact) mass is 373 g/mol. The molecule has 0 atom stereocenters. The van der Waals surface area contributed by atoms with E-state index in [1.165, 1.54) is 24.5 Å². The fourth-order valence-electron chi connectivity index (χ4n) is 1.23. The number of halogens is 3. The second-order valence-corrected chi connectivity index (χ2v) is 4.97. The quantitative estimate of drug-likeness (QED) is 0.876. The molecule has 7 heteroatoms. The van der Waals surface area contributed by atoms with Gasteiger partial charge < -0.3 is 5.32 Å². The largest absolute Gasteiger partial charge is 0.305 e. The van der Waals surface area contributed by atoms with Gasteiger partial charge in [0.15, 0.2) is 5.82 Å². The van der Waals surface area contributed by atoms with Crippen LogP contribution in [0.3, 0.4) is 0 Å². The van der Waals surface area contributed by atoms with Crippen LogP contribution in [-0.2, 0) is 0 Å². The summed E-state index contributed by atoms with van der Waals surface area (Å²) in [5.74, 6) is -0.650. The molecule has 92 valence electrons. The molecule has 18 heavy (non-hydrogen) atoms. The first-order chi connectivity index (χ1) is 8.56. The molecule has 2 rings (SSSR count). The topological polar surface area (TPSA) is 54.9 Å². The van der Waals surface area contributed by atoms with Crippen LogP contribution in [0.1, 0.15) is 10.4 Å². The van der Waals surface area contributed by atoms with Gasteiger partial charge in [0.1, 0.15) is 10.4 Å². The van der Waals surface area contributed by atoms with E-state index in [1.54, 1.807) is 0 Å². The molecule has 0 spiro atoms. The zero-order valence-electron chi connectivity index (χ0n) is 8.82. The molecule has 1 heterocycles. The SMILES string of the molecule is O=C(Nc1cnc(Br)cn1)c1cc(F)ccc1Br. The second-order valence-electron chi connectivity index (χ2n) is 3.30. The summed E-state index contributed by atoms with van der Waals surface area (Å²) in [5, 5.41) is 2.52. The van der Waals surface area contributed by atoms with Crippen LogP contribution in [0.5, 0.6) is 0 Å². The summed E-state index contributed by atoms with van der Waals surface area (Å²) < 4.78 is 14.1. The van der Waals surface area contributed by atoms with E-state index in [4.69, 9.17) is 0 Å². The summed E-state index contributed by atoms with van der Waals surface area (Å²) in [6, 6.07) is 3.88. The summed E-state index contributed by atoms with van der Waals surface area (Å²) in [4.78, 5) is 19.7. The third-order valence-corrected chi connectivity index (χ3v) is 3.14. The van der Waals surface area contributed by atoms with Gasteiger partial charge in [-0.15, -0.1) is 0 Å². The summed E-state index contributed by atoms with van der Waals surface area (Å²) in [5.41, 5.74) is 0.194. The molecule has 0 saturated heterocycles. The number of hydrogen-bond acceptors (Lipinski definition) is 3. The Hall–Kier alpha value is -1.34. The predicted octanol–water partition coefficient (Wildman–Crippen LogP) is 3.39. The fourth-order valence-corrected chi connectivity index (χ4v) is 1.86. The van der Waals surface area contributed by atoms with E-state index in [0.717, 1.165) is 6.07 Å². The lowest BCUT2D eigenvalue weighted by atomic mass is 10.2. The van der Waals surface area contributed by atoms with Crippen LogP contribution in [0.15, 0.2) is 39.7 Å². The lowest BCUT2D eigenvalue weighted by Crippen LogP contribution is -2.14. The van der Waals surface area contributed by atoms with E-state index in [0.29, 0.717) is 14.9 Å².